The first kappa shape index (κ1) is 13.6. The predicted octanol–water partition coefficient (Wildman–Crippen LogP) is 3.77. The maximum Gasteiger partial charge on any atom is 0.387 e. The minimum absolute atomic E-state index is 0.00203. The molecule has 4 nitrogen and oxygen atoms in total. The second kappa shape index (κ2) is 5.87. The van der Waals surface area contributed by atoms with Crippen LogP contribution in [0.15, 0.2) is 35.1 Å². The number of halogens is 4. The van der Waals surface area contributed by atoms with E-state index in [9.17, 15) is 13.2 Å². The highest BCUT2D eigenvalue weighted by atomic mass is 79.9. The highest BCUT2D eigenvalue weighted by molar-refractivity contribution is 9.10. The Labute approximate surface area is 114 Å². The number of nitrogens with zero attached hydrogens (tertiary/aromatic N) is 2. The molecule has 1 aromatic heterocycles. The van der Waals surface area contributed by atoms with Crippen LogP contribution in [0.1, 0.15) is 0 Å². The quantitative estimate of drug-likeness (QED) is 0.853. The van der Waals surface area contributed by atoms with E-state index in [1.54, 1.807) is 0 Å². The standard InChI is InChI=1S/C11H6BrF3N2O2/c12-6-4-16-11(17-5-6)18-7-1-2-8(13)9(3-7)19-10(14)15/h1-5,10H. The molecule has 0 unspecified atom stereocenters. The molecule has 0 radical (unpaired) electrons. The molecular weight excluding hydrogens is 329 g/mol. The number of hydrogen-bond donors (Lipinski definition) is 0. The summed E-state index contributed by atoms with van der Waals surface area (Å²) in [5, 5.41) is 0. The summed E-state index contributed by atoms with van der Waals surface area (Å²) < 4.78 is 47.1. The van der Waals surface area contributed by atoms with Crippen LogP contribution in [0.3, 0.4) is 0 Å². The summed E-state index contributed by atoms with van der Waals surface area (Å²) in [6.45, 7) is -3.12. The molecule has 19 heavy (non-hydrogen) atoms. The van der Waals surface area contributed by atoms with Gasteiger partial charge in [-0.1, -0.05) is 0 Å². The molecule has 0 aliphatic carbocycles. The summed E-state index contributed by atoms with van der Waals surface area (Å²) in [4.78, 5) is 7.65. The van der Waals surface area contributed by atoms with Crippen molar-refractivity contribution in [2.45, 2.75) is 6.61 Å². The zero-order chi connectivity index (χ0) is 13.8. The van der Waals surface area contributed by atoms with Crippen LogP contribution in [-0.2, 0) is 0 Å². The smallest absolute Gasteiger partial charge is 0.387 e. The predicted molar refractivity (Wildman–Crippen MR) is 62.8 cm³/mol. The number of benzene rings is 1. The van der Waals surface area contributed by atoms with Crippen molar-refractivity contribution in [1.29, 1.82) is 0 Å². The average molecular weight is 335 g/mol. The maximum absolute atomic E-state index is 13.2. The molecule has 2 aromatic rings. The van der Waals surface area contributed by atoms with Gasteiger partial charge in [0.2, 0.25) is 0 Å². The van der Waals surface area contributed by atoms with Crippen molar-refractivity contribution >= 4 is 15.9 Å². The second-order valence-corrected chi connectivity index (χ2v) is 4.17. The molecule has 0 saturated heterocycles. The summed E-state index contributed by atoms with van der Waals surface area (Å²) in [5.41, 5.74) is 0. The van der Waals surface area contributed by atoms with E-state index in [2.05, 4.69) is 30.6 Å². The topological polar surface area (TPSA) is 44.2 Å². The molecule has 0 aliphatic rings. The van der Waals surface area contributed by atoms with Gasteiger partial charge in [-0.2, -0.15) is 8.78 Å². The van der Waals surface area contributed by atoms with Crippen LogP contribution < -0.4 is 9.47 Å². The molecule has 0 fully saturated rings. The number of aromatic nitrogens is 2. The lowest BCUT2D eigenvalue weighted by molar-refractivity contribution is -0.0522. The van der Waals surface area contributed by atoms with Crippen LogP contribution in [0.2, 0.25) is 0 Å². The molecule has 0 aliphatic heterocycles. The van der Waals surface area contributed by atoms with Crippen molar-refractivity contribution in [3.63, 3.8) is 0 Å². The van der Waals surface area contributed by atoms with Gasteiger partial charge >= 0.3 is 12.6 Å². The first-order chi connectivity index (χ1) is 9.04. The van der Waals surface area contributed by atoms with E-state index in [0.717, 1.165) is 12.1 Å². The van der Waals surface area contributed by atoms with Gasteiger partial charge in [0.15, 0.2) is 11.6 Å². The molecule has 0 saturated carbocycles. The maximum atomic E-state index is 13.2. The third kappa shape index (κ3) is 3.82. The van der Waals surface area contributed by atoms with Crippen LogP contribution >= 0.6 is 15.9 Å². The van der Waals surface area contributed by atoms with E-state index in [1.165, 1.54) is 18.5 Å². The number of hydrogen-bond acceptors (Lipinski definition) is 4. The van der Waals surface area contributed by atoms with Crippen molar-refractivity contribution in [2.75, 3.05) is 0 Å². The Bertz CT molecular complexity index is 566. The normalized spacial score (nSPS) is 10.6. The minimum Gasteiger partial charge on any atom is -0.432 e. The van der Waals surface area contributed by atoms with Gasteiger partial charge in [-0.3, -0.25) is 0 Å². The monoisotopic (exact) mass is 334 g/mol. The van der Waals surface area contributed by atoms with Crippen molar-refractivity contribution in [2.24, 2.45) is 0 Å². The zero-order valence-corrected chi connectivity index (χ0v) is 10.8. The molecule has 0 N–H and O–H groups in total. The summed E-state index contributed by atoms with van der Waals surface area (Å²) in [7, 11) is 0. The van der Waals surface area contributed by atoms with E-state index < -0.39 is 18.2 Å². The number of alkyl halides is 2. The van der Waals surface area contributed by atoms with Gasteiger partial charge in [0.05, 0.1) is 4.47 Å². The van der Waals surface area contributed by atoms with E-state index in [1.807, 2.05) is 0 Å². The highest BCUT2D eigenvalue weighted by Gasteiger charge is 2.12. The zero-order valence-electron chi connectivity index (χ0n) is 9.19. The van der Waals surface area contributed by atoms with E-state index in [4.69, 9.17) is 4.74 Å². The lowest BCUT2D eigenvalue weighted by Gasteiger charge is -2.08. The summed E-state index contributed by atoms with van der Waals surface area (Å²) >= 11 is 3.15. The third-order valence-electron chi connectivity index (χ3n) is 1.92. The summed E-state index contributed by atoms with van der Waals surface area (Å²) in [5.74, 6) is -1.44. The van der Waals surface area contributed by atoms with Gasteiger partial charge < -0.3 is 9.47 Å². The van der Waals surface area contributed by atoms with Crippen molar-refractivity contribution in [3.8, 4) is 17.5 Å². The molecule has 1 heterocycles. The number of rotatable bonds is 4. The molecule has 0 atom stereocenters. The Morgan fingerprint density at radius 1 is 1.16 bits per heavy atom. The minimum atomic E-state index is -3.12. The first-order valence-electron chi connectivity index (χ1n) is 4.94. The molecule has 0 amide bonds. The Kier molecular flexibility index (Phi) is 4.20. The Hall–Kier alpha value is -1.83. The van der Waals surface area contributed by atoms with Crippen molar-refractivity contribution in [1.82, 2.24) is 9.97 Å². The Morgan fingerprint density at radius 3 is 2.47 bits per heavy atom. The fourth-order valence-electron chi connectivity index (χ4n) is 1.19. The van der Waals surface area contributed by atoms with Crippen molar-refractivity contribution in [3.05, 3.63) is 40.9 Å². The van der Waals surface area contributed by atoms with Crippen LogP contribution in [0.25, 0.3) is 0 Å². The van der Waals surface area contributed by atoms with Gasteiger partial charge in [0.25, 0.3) is 0 Å². The van der Waals surface area contributed by atoms with Gasteiger partial charge in [0.1, 0.15) is 5.75 Å². The first-order valence-corrected chi connectivity index (χ1v) is 5.73. The molecule has 1 aromatic carbocycles. The Balaban J connectivity index is 2.18. The van der Waals surface area contributed by atoms with Crippen LogP contribution in [0.4, 0.5) is 13.2 Å². The number of ether oxygens (including phenoxy) is 2. The highest BCUT2D eigenvalue weighted by Crippen LogP contribution is 2.27. The molecule has 0 spiro atoms. The van der Waals surface area contributed by atoms with Gasteiger partial charge in [-0.25, -0.2) is 14.4 Å². The average Bonchev–Trinajstić information content (AvgIpc) is 2.36. The van der Waals surface area contributed by atoms with Crippen LogP contribution in [-0.4, -0.2) is 16.6 Å². The SMILES string of the molecule is Fc1ccc(Oc2ncc(Br)cn2)cc1OC(F)F. The summed E-state index contributed by atoms with van der Waals surface area (Å²) in [6.07, 6.45) is 2.89. The largest absolute Gasteiger partial charge is 0.432 e. The van der Waals surface area contributed by atoms with E-state index >= 15 is 0 Å². The van der Waals surface area contributed by atoms with E-state index in [0.29, 0.717) is 4.47 Å². The molecular formula is C11H6BrF3N2O2. The van der Waals surface area contributed by atoms with Gasteiger partial charge in [-0.15, -0.1) is 0 Å². The molecule has 100 valence electrons. The lowest BCUT2D eigenvalue weighted by Crippen LogP contribution is -2.03. The van der Waals surface area contributed by atoms with Crippen LogP contribution in [0.5, 0.6) is 17.5 Å². The van der Waals surface area contributed by atoms with Crippen molar-refractivity contribution < 1.29 is 22.6 Å². The fraction of sp³-hybridized carbons (Fsp3) is 0.0909. The molecule has 2 rings (SSSR count). The lowest BCUT2D eigenvalue weighted by atomic mass is 10.3. The van der Waals surface area contributed by atoms with E-state index in [-0.39, 0.29) is 11.8 Å². The third-order valence-corrected chi connectivity index (χ3v) is 2.33. The summed E-state index contributed by atoms with van der Waals surface area (Å²) in [6, 6.07) is 3.19. The second-order valence-electron chi connectivity index (χ2n) is 3.26. The molecule has 0 bridgehead atoms. The van der Waals surface area contributed by atoms with Crippen LogP contribution in [0, 0.1) is 5.82 Å². The molecule has 8 heteroatoms. The van der Waals surface area contributed by atoms with Gasteiger partial charge in [-0.05, 0) is 28.1 Å². The fourth-order valence-corrected chi connectivity index (χ4v) is 1.40. The van der Waals surface area contributed by atoms with Gasteiger partial charge in [0, 0.05) is 18.5 Å². The Morgan fingerprint density at radius 2 is 1.84 bits per heavy atom.